The summed E-state index contributed by atoms with van der Waals surface area (Å²) in [5.41, 5.74) is 1.80. The van der Waals surface area contributed by atoms with E-state index in [2.05, 4.69) is 16.0 Å². The second kappa shape index (κ2) is 7.55. The first kappa shape index (κ1) is 16.6. The zero-order valence-corrected chi connectivity index (χ0v) is 13.7. The molecule has 0 bridgehead atoms. The molecule has 3 N–H and O–H groups in total. The van der Waals surface area contributed by atoms with Crippen LogP contribution in [0.3, 0.4) is 0 Å². The highest BCUT2D eigenvalue weighted by Gasteiger charge is 2.09. The first-order valence-electron chi connectivity index (χ1n) is 7.39. The smallest absolute Gasteiger partial charge is 0.323 e. The Balaban J connectivity index is 1.56. The van der Waals surface area contributed by atoms with Gasteiger partial charge in [-0.2, -0.15) is 0 Å². The van der Waals surface area contributed by atoms with Crippen LogP contribution >= 0.6 is 11.6 Å². The van der Waals surface area contributed by atoms with Crippen LogP contribution in [-0.4, -0.2) is 11.9 Å². The molecule has 3 aromatic rings. The highest BCUT2D eigenvalue weighted by atomic mass is 35.5. The lowest BCUT2D eigenvalue weighted by atomic mass is 10.2. The van der Waals surface area contributed by atoms with Gasteiger partial charge in [0.25, 0.3) is 5.91 Å². The van der Waals surface area contributed by atoms with Gasteiger partial charge in [-0.3, -0.25) is 4.79 Å². The number of carbonyl (C=O) groups excluding carboxylic acids is 2. The minimum absolute atomic E-state index is 0.226. The fraction of sp³-hybridized carbons (Fsp3) is 0. The number of urea groups is 1. The lowest BCUT2D eigenvalue weighted by Gasteiger charge is -2.09. The van der Waals surface area contributed by atoms with Gasteiger partial charge in [0.2, 0.25) is 0 Å². The van der Waals surface area contributed by atoms with Crippen LogP contribution < -0.4 is 16.0 Å². The Morgan fingerprint density at radius 2 is 1.28 bits per heavy atom. The van der Waals surface area contributed by atoms with Gasteiger partial charge in [0.05, 0.1) is 6.26 Å². The predicted octanol–water partition coefficient (Wildman–Crippen LogP) is 4.83. The fourth-order valence-electron chi connectivity index (χ4n) is 2.06. The summed E-state index contributed by atoms with van der Waals surface area (Å²) in [5.74, 6) is -0.115. The Morgan fingerprint density at radius 1 is 0.760 bits per heavy atom. The number of hydrogen-bond donors (Lipinski definition) is 3. The molecule has 0 aliphatic rings. The zero-order chi connectivity index (χ0) is 17.6. The molecule has 0 radical (unpaired) electrons. The van der Waals surface area contributed by atoms with Gasteiger partial charge in [-0.25, -0.2) is 4.79 Å². The SMILES string of the molecule is O=C(Nc1ccc(Cl)cc1)Nc1ccc(NC(=O)c2ccco2)cc1. The summed E-state index contributed by atoms with van der Waals surface area (Å²) in [6.45, 7) is 0. The Morgan fingerprint density at radius 3 is 1.80 bits per heavy atom. The third-order valence-corrected chi connectivity index (χ3v) is 3.50. The third-order valence-electron chi connectivity index (χ3n) is 3.25. The van der Waals surface area contributed by atoms with Crippen LogP contribution in [0.4, 0.5) is 21.9 Å². The van der Waals surface area contributed by atoms with Crippen LogP contribution in [0.1, 0.15) is 10.6 Å². The van der Waals surface area contributed by atoms with Crippen molar-refractivity contribution in [3.05, 3.63) is 77.7 Å². The number of benzene rings is 2. The summed E-state index contributed by atoms with van der Waals surface area (Å²) in [4.78, 5) is 23.8. The molecule has 25 heavy (non-hydrogen) atoms. The van der Waals surface area contributed by atoms with Gasteiger partial charge < -0.3 is 20.4 Å². The van der Waals surface area contributed by atoms with Crippen molar-refractivity contribution in [3.63, 3.8) is 0 Å². The summed E-state index contributed by atoms with van der Waals surface area (Å²) in [7, 11) is 0. The molecule has 0 fully saturated rings. The molecule has 0 saturated carbocycles. The van der Waals surface area contributed by atoms with Crippen LogP contribution in [0.15, 0.2) is 71.3 Å². The van der Waals surface area contributed by atoms with E-state index in [1.165, 1.54) is 6.26 Å². The number of anilines is 3. The van der Waals surface area contributed by atoms with Crippen molar-refractivity contribution < 1.29 is 14.0 Å². The molecular formula is C18H14ClN3O3. The van der Waals surface area contributed by atoms with E-state index in [1.807, 2.05) is 0 Å². The molecule has 0 spiro atoms. The maximum Gasteiger partial charge on any atom is 0.323 e. The van der Waals surface area contributed by atoms with Crippen molar-refractivity contribution in [2.24, 2.45) is 0 Å². The number of amides is 3. The van der Waals surface area contributed by atoms with E-state index in [0.717, 1.165) is 0 Å². The van der Waals surface area contributed by atoms with Gasteiger partial charge >= 0.3 is 6.03 Å². The highest BCUT2D eigenvalue weighted by Crippen LogP contribution is 2.16. The standard InChI is InChI=1S/C18H14ClN3O3/c19-12-3-5-14(6-4-12)21-18(24)22-15-9-7-13(8-10-15)20-17(23)16-2-1-11-25-16/h1-11H,(H,20,23)(H2,21,22,24). The average Bonchev–Trinajstić information content (AvgIpc) is 3.13. The van der Waals surface area contributed by atoms with E-state index < -0.39 is 0 Å². The van der Waals surface area contributed by atoms with Crippen LogP contribution in [0.5, 0.6) is 0 Å². The molecule has 126 valence electrons. The third kappa shape index (κ3) is 4.62. The summed E-state index contributed by atoms with van der Waals surface area (Å²) < 4.78 is 5.02. The molecule has 1 heterocycles. The van der Waals surface area contributed by atoms with Gasteiger partial charge in [-0.05, 0) is 60.7 Å². The maximum atomic E-state index is 11.9. The summed E-state index contributed by atoms with van der Waals surface area (Å²) in [6.07, 6.45) is 1.43. The van der Waals surface area contributed by atoms with Gasteiger partial charge in [0, 0.05) is 22.1 Å². The van der Waals surface area contributed by atoms with Crippen molar-refractivity contribution >= 4 is 40.6 Å². The van der Waals surface area contributed by atoms with Gasteiger partial charge in [0.1, 0.15) is 0 Å². The van der Waals surface area contributed by atoms with Crippen molar-refractivity contribution in [1.82, 2.24) is 0 Å². The van der Waals surface area contributed by atoms with E-state index in [-0.39, 0.29) is 17.7 Å². The molecule has 3 amide bonds. The molecular weight excluding hydrogens is 342 g/mol. The van der Waals surface area contributed by atoms with Crippen molar-refractivity contribution in [2.75, 3.05) is 16.0 Å². The summed E-state index contributed by atoms with van der Waals surface area (Å²) in [6, 6.07) is 16.3. The molecule has 0 aliphatic heterocycles. The molecule has 1 aromatic heterocycles. The lowest BCUT2D eigenvalue weighted by Crippen LogP contribution is -2.19. The Kier molecular flexibility index (Phi) is 5.01. The Labute approximate surface area is 148 Å². The molecule has 0 aliphatic carbocycles. The number of nitrogens with one attached hydrogen (secondary N) is 3. The highest BCUT2D eigenvalue weighted by molar-refractivity contribution is 6.30. The number of rotatable bonds is 4. The monoisotopic (exact) mass is 355 g/mol. The second-order valence-electron chi connectivity index (χ2n) is 5.09. The summed E-state index contributed by atoms with van der Waals surface area (Å²) >= 11 is 5.80. The van der Waals surface area contributed by atoms with E-state index in [1.54, 1.807) is 60.7 Å². The fourth-order valence-corrected chi connectivity index (χ4v) is 2.19. The van der Waals surface area contributed by atoms with E-state index in [0.29, 0.717) is 22.1 Å². The molecule has 0 atom stereocenters. The normalized spacial score (nSPS) is 10.1. The largest absolute Gasteiger partial charge is 0.459 e. The van der Waals surface area contributed by atoms with Gasteiger partial charge in [0.15, 0.2) is 5.76 Å². The van der Waals surface area contributed by atoms with Gasteiger partial charge in [-0.1, -0.05) is 11.6 Å². The summed E-state index contributed by atoms with van der Waals surface area (Å²) in [5, 5.41) is 8.68. The van der Waals surface area contributed by atoms with E-state index >= 15 is 0 Å². The second-order valence-corrected chi connectivity index (χ2v) is 5.53. The molecule has 2 aromatic carbocycles. The molecule has 6 nitrogen and oxygen atoms in total. The number of halogens is 1. The number of carbonyl (C=O) groups is 2. The minimum atomic E-state index is -0.380. The molecule has 7 heteroatoms. The Hall–Kier alpha value is -3.25. The van der Waals surface area contributed by atoms with Crippen LogP contribution in [0.2, 0.25) is 5.02 Å². The molecule has 0 saturated heterocycles. The first-order valence-corrected chi connectivity index (χ1v) is 7.76. The van der Waals surface area contributed by atoms with Crippen LogP contribution in [0, 0.1) is 0 Å². The van der Waals surface area contributed by atoms with Crippen molar-refractivity contribution in [3.8, 4) is 0 Å². The predicted molar refractivity (Wildman–Crippen MR) is 97.2 cm³/mol. The average molecular weight is 356 g/mol. The maximum absolute atomic E-state index is 11.9. The van der Waals surface area contributed by atoms with Crippen molar-refractivity contribution in [2.45, 2.75) is 0 Å². The van der Waals surface area contributed by atoms with E-state index in [9.17, 15) is 9.59 Å². The van der Waals surface area contributed by atoms with E-state index in [4.69, 9.17) is 16.0 Å². The van der Waals surface area contributed by atoms with Gasteiger partial charge in [-0.15, -0.1) is 0 Å². The number of hydrogen-bond acceptors (Lipinski definition) is 3. The number of furan rings is 1. The quantitative estimate of drug-likeness (QED) is 0.626. The van der Waals surface area contributed by atoms with Crippen molar-refractivity contribution in [1.29, 1.82) is 0 Å². The first-order chi connectivity index (χ1) is 12.1. The van der Waals surface area contributed by atoms with Crippen LogP contribution in [0.25, 0.3) is 0 Å². The topological polar surface area (TPSA) is 83.4 Å². The zero-order valence-electron chi connectivity index (χ0n) is 13.0. The van der Waals surface area contributed by atoms with Crippen LogP contribution in [-0.2, 0) is 0 Å². The lowest BCUT2D eigenvalue weighted by molar-refractivity contribution is 0.0996. The minimum Gasteiger partial charge on any atom is -0.459 e. The Bertz CT molecular complexity index is 860. The molecule has 0 unspecified atom stereocenters. The molecule has 3 rings (SSSR count).